The lowest BCUT2D eigenvalue weighted by Gasteiger charge is -2.35. The molecule has 1 unspecified atom stereocenters. The van der Waals surface area contributed by atoms with E-state index in [9.17, 15) is 4.79 Å². The van der Waals surface area contributed by atoms with E-state index in [1.54, 1.807) is 0 Å². The van der Waals surface area contributed by atoms with E-state index in [2.05, 4.69) is 48.3 Å². The molecule has 5 nitrogen and oxygen atoms in total. The molecule has 2 heterocycles. The first kappa shape index (κ1) is 19.8. The summed E-state index contributed by atoms with van der Waals surface area (Å²) in [7, 11) is 0. The summed E-state index contributed by atoms with van der Waals surface area (Å²) in [5.74, 6) is 1.16. The lowest BCUT2D eigenvalue weighted by atomic mass is 10.0. The fourth-order valence-corrected chi connectivity index (χ4v) is 4.19. The summed E-state index contributed by atoms with van der Waals surface area (Å²) in [5, 5.41) is 3.63. The lowest BCUT2D eigenvalue weighted by molar-refractivity contribution is -0.133. The molecule has 0 aliphatic carbocycles. The van der Waals surface area contributed by atoms with Crippen LogP contribution < -0.4 is 10.1 Å². The van der Waals surface area contributed by atoms with Crippen LogP contribution in [0.4, 0.5) is 5.69 Å². The van der Waals surface area contributed by atoms with Gasteiger partial charge >= 0.3 is 0 Å². The minimum Gasteiger partial charge on any atom is -0.492 e. The number of amides is 1. The van der Waals surface area contributed by atoms with Crippen molar-refractivity contribution in [3.8, 4) is 5.75 Å². The molecule has 2 aromatic carbocycles. The molecule has 0 bridgehead atoms. The molecule has 1 saturated heterocycles. The first-order valence-corrected chi connectivity index (χ1v) is 10.6. The van der Waals surface area contributed by atoms with Crippen LogP contribution in [0.5, 0.6) is 5.75 Å². The number of piperidine rings is 1. The van der Waals surface area contributed by atoms with Crippen LogP contribution in [0.3, 0.4) is 0 Å². The highest BCUT2D eigenvalue weighted by molar-refractivity contribution is 5.78. The largest absolute Gasteiger partial charge is 0.492 e. The Morgan fingerprint density at radius 3 is 2.86 bits per heavy atom. The van der Waals surface area contributed by atoms with Crippen molar-refractivity contribution in [3.63, 3.8) is 0 Å². The smallest absolute Gasteiger partial charge is 0.236 e. The van der Waals surface area contributed by atoms with Gasteiger partial charge in [-0.15, -0.1) is 0 Å². The SMILES string of the molecule is Cc1ccc(NC2CCCN(C(=O)CN3CCOc4ccccc4C3)C2)cc1C. The lowest BCUT2D eigenvalue weighted by Crippen LogP contribution is -2.48. The summed E-state index contributed by atoms with van der Waals surface area (Å²) < 4.78 is 5.83. The van der Waals surface area contributed by atoms with Gasteiger partial charge in [-0.2, -0.15) is 0 Å². The third kappa shape index (κ3) is 4.91. The van der Waals surface area contributed by atoms with Crippen LogP contribution in [-0.2, 0) is 11.3 Å². The standard InChI is InChI=1S/C24H31N3O2/c1-18-9-10-21(14-19(18)2)25-22-7-5-11-27(16-22)24(28)17-26-12-13-29-23-8-4-3-6-20(23)15-26/h3-4,6,8-10,14,22,25H,5,7,11-13,15-17H2,1-2H3. The van der Waals surface area contributed by atoms with Crippen LogP contribution >= 0.6 is 0 Å². The number of likely N-dealkylation sites (tertiary alicyclic amines) is 1. The third-order valence-corrected chi connectivity index (χ3v) is 6.04. The molecule has 2 aliphatic rings. The van der Waals surface area contributed by atoms with Crippen molar-refractivity contribution in [2.75, 3.05) is 38.1 Å². The van der Waals surface area contributed by atoms with E-state index in [-0.39, 0.29) is 5.91 Å². The van der Waals surface area contributed by atoms with Gasteiger partial charge in [-0.25, -0.2) is 0 Å². The highest BCUT2D eigenvalue weighted by Gasteiger charge is 2.26. The summed E-state index contributed by atoms with van der Waals surface area (Å²) in [4.78, 5) is 17.2. The monoisotopic (exact) mass is 393 g/mol. The number of ether oxygens (including phenoxy) is 1. The maximum atomic E-state index is 13.0. The van der Waals surface area contributed by atoms with Gasteiger partial charge in [0.05, 0.1) is 6.54 Å². The average molecular weight is 394 g/mol. The van der Waals surface area contributed by atoms with Crippen molar-refractivity contribution >= 4 is 11.6 Å². The van der Waals surface area contributed by atoms with Gasteiger partial charge in [0, 0.05) is 43.5 Å². The normalized spacial score (nSPS) is 19.8. The second kappa shape index (κ2) is 8.87. The van der Waals surface area contributed by atoms with E-state index in [0.29, 0.717) is 19.2 Å². The third-order valence-electron chi connectivity index (χ3n) is 6.04. The first-order chi connectivity index (χ1) is 14.1. The number of benzene rings is 2. The van der Waals surface area contributed by atoms with Crippen LogP contribution in [0, 0.1) is 13.8 Å². The van der Waals surface area contributed by atoms with E-state index in [1.165, 1.54) is 11.1 Å². The van der Waals surface area contributed by atoms with E-state index in [4.69, 9.17) is 4.74 Å². The molecule has 2 aromatic rings. The molecule has 5 heteroatoms. The quantitative estimate of drug-likeness (QED) is 0.862. The van der Waals surface area contributed by atoms with Crippen molar-refractivity contribution in [2.45, 2.75) is 39.3 Å². The van der Waals surface area contributed by atoms with Crippen molar-refractivity contribution in [3.05, 3.63) is 59.2 Å². The number of hydrogen-bond acceptors (Lipinski definition) is 4. The number of anilines is 1. The fraction of sp³-hybridized carbons (Fsp3) is 0.458. The Hall–Kier alpha value is -2.53. The van der Waals surface area contributed by atoms with Crippen molar-refractivity contribution < 1.29 is 9.53 Å². The summed E-state index contributed by atoms with van der Waals surface area (Å²) in [6.07, 6.45) is 2.14. The predicted molar refractivity (Wildman–Crippen MR) is 116 cm³/mol. The predicted octanol–water partition coefficient (Wildman–Crippen LogP) is 3.60. The first-order valence-electron chi connectivity index (χ1n) is 10.6. The highest BCUT2D eigenvalue weighted by Crippen LogP contribution is 2.23. The zero-order valence-electron chi connectivity index (χ0n) is 17.5. The Morgan fingerprint density at radius 2 is 2.00 bits per heavy atom. The number of nitrogens with zero attached hydrogens (tertiary/aromatic N) is 2. The molecule has 29 heavy (non-hydrogen) atoms. The molecule has 1 amide bonds. The molecule has 0 aromatic heterocycles. The van der Waals surface area contributed by atoms with E-state index < -0.39 is 0 Å². The number of para-hydroxylation sites is 1. The topological polar surface area (TPSA) is 44.8 Å². The molecular weight excluding hydrogens is 362 g/mol. The van der Waals surface area contributed by atoms with Gasteiger partial charge in [0.2, 0.25) is 5.91 Å². The van der Waals surface area contributed by atoms with Crippen LogP contribution in [0.25, 0.3) is 0 Å². The minimum atomic E-state index is 0.218. The van der Waals surface area contributed by atoms with Crippen molar-refractivity contribution in [1.82, 2.24) is 9.80 Å². The number of nitrogens with one attached hydrogen (secondary N) is 1. The molecule has 1 fully saturated rings. The number of rotatable bonds is 4. The van der Waals surface area contributed by atoms with Gasteiger partial charge in [-0.05, 0) is 56.0 Å². The van der Waals surface area contributed by atoms with E-state index in [1.807, 2.05) is 23.1 Å². The highest BCUT2D eigenvalue weighted by atomic mass is 16.5. The molecule has 2 aliphatic heterocycles. The molecular formula is C24H31N3O2. The summed E-state index contributed by atoms with van der Waals surface area (Å²) in [6.45, 7) is 8.51. The molecule has 1 atom stereocenters. The average Bonchev–Trinajstić information content (AvgIpc) is 2.92. The van der Waals surface area contributed by atoms with E-state index in [0.717, 1.165) is 56.0 Å². The van der Waals surface area contributed by atoms with Crippen molar-refractivity contribution in [2.24, 2.45) is 0 Å². The van der Waals surface area contributed by atoms with Gasteiger partial charge in [0.1, 0.15) is 12.4 Å². The molecule has 0 saturated carbocycles. The molecule has 0 radical (unpaired) electrons. The molecule has 0 spiro atoms. The zero-order chi connectivity index (χ0) is 20.2. The number of aryl methyl sites for hydroxylation is 2. The molecule has 154 valence electrons. The fourth-order valence-electron chi connectivity index (χ4n) is 4.19. The second-order valence-electron chi connectivity index (χ2n) is 8.29. The van der Waals surface area contributed by atoms with Gasteiger partial charge < -0.3 is 15.0 Å². The maximum Gasteiger partial charge on any atom is 0.236 e. The molecule has 1 N–H and O–H groups in total. The summed E-state index contributed by atoms with van der Waals surface area (Å²) >= 11 is 0. The number of hydrogen-bond donors (Lipinski definition) is 1. The minimum absolute atomic E-state index is 0.218. The summed E-state index contributed by atoms with van der Waals surface area (Å²) in [6, 6.07) is 14.9. The Labute approximate surface area is 173 Å². The Kier molecular flexibility index (Phi) is 6.05. The van der Waals surface area contributed by atoms with Crippen molar-refractivity contribution in [1.29, 1.82) is 0 Å². The van der Waals surface area contributed by atoms with E-state index >= 15 is 0 Å². The zero-order valence-corrected chi connectivity index (χ0v) is 17.5. The van der Waals surface area contributed by atoms with Crippen LogP contribution in [0.1, 0.15) is 29.5 Å². The van der Waals surface area contributed by atoms with Crippen LogP contribution in [0.2, 0.25) is 0 Å². The van der Waals surface area contributed by atoms with Crippen LogP contribution in [0.15, 0.2) is 42.5 Å². The summed E-state index contributed by atoms with van der Waals surface area (Å²) in [5.41, 5.74) is 4.90. The number of carbonyl (C=O) groups excluding carboxylic acids is 1. The number of fused-ring (bicyclic) bond motifs is 1. The molecule has 4 rings (SSSR count). The Balaban J connectivity index is 1.34. The maximum absolute atomic E-state index is 13.0. The Morgan fingerprint density at radius 1 is 1.14 bits per heavy atom. The van der Waals surface area contributed by atoms with Gasteiger partial charge in [0.15, 0.2) is 0 Å². The van der Waals surface area contributed by atoms with Gasteiger partial charge in [-0.1, -0.05) is 24.3 Å². The van der Waals surface area contributed by atoms with Crippen LogP contribution in [-0.4, -0.2) is 54.5 Å². The van der Waals surface area contributed by atoms with Gasteiger partial charge in [0.25, 0.3) is 0 Å². The number of carbonyl (C=O) groups is 1. The second-order valence-corrected chi connectivity index (χ2v) is 8.29. The Bertz CT molecular complexity index is 867. The van der Waals surface area contributed by atoms with Gasteiger partial charge in [-0.3, -0.25) is 9.69 Å².